The molecule has 0 aliphatic heterocycles. The number of hydrogen-bond donors (Lipinski definition) is 0. The Hall–Kier alpha value is -1.62. The zero-order chi connectivity index (χ0) is 15.7. The van der Waals surface area contributed by atoms with Crippen molar-refractivity contribution in [1.82, 2.24) is 0 Å². The Morgan fingerprint density at radius 3 is 2.19 bits per heavy atom. The highest BCUT2D eigenvalue weighted by Crippen LogP contribution is 2.39. The molecular weight excluding hydrogens is 272 g/mol. The fourth-order valence-electron chi connectivity index (χ4n) is 2.65. The first kappa shape index (κ1) is 17.4. The predicted octanol–water partition coefficient (Wildman–Crippen LogP) is 2.41. The summed E-state index contributed by atoms with van der Waals surface area (Å²) in [4.78, 5) is 22.7. The zero-order valence-corrected chi connectivity index (χ0v) is 12.6. The second-order valence-corrected chi connectivity index (χ2v) is 5.18. The van der Waals surface area contributed by atoms with Crippen LogP contribution in [-0.4, -0.2) is 37.9 Å². The molecule has 5 heteroatoms. The molecule has 0 saturated heterocycles. The van der Waals surface area contributed by atoms with Gasteiger partial charge in [0.1, 0.15) is 13.2 Å². The molecule has 1 aliphatic carbocycles. The molecule has 1 rings (SSSR count). The van der Waals surface area contributed by atoms with E-state index in [0.29, 0.717) is 6.61 Å². The van der Waals surface area contributed by atoms with E-state index in [1.165, 1.54) is 0 Å². The first-order chi connectivity index (χ1) is 10.1. The summed E-state index contributed by atoms with van der Waals surface area (Å²) in [7, 11) is 0. The summed E-state index contributed by atoms with van der Waals surface area (Å²) < 4.78 is 16.2. The van der Waals surface area contributed by atoms with Gasteiger partial charge in [-0.1, -0.05) is 26.0 Å². The summed E-state index contributed by atoms with van der Waals surface area (Å²) in [5.74, 6) is -0.963. The molecule has 1 unspecified atom stereocenters. The van der Waals surface area contributed by atoms with Gasteiger partial charge in [0.05, 0.1) is 11.5 Å². The maximum Gasteiger partial charge on any atom is 0.330 e. The normalized spacial score (nSPS) is 20.3. The van der Waals surface area contributed by atoms with E-state index in [2.05, 4.69) is 13.2 Å². The largest absolute Gasteiger partial charge is 0.462 e. The third-order valence-electron chi connectivity index (χ3n) is 3.78. The van der Waals surface area contributed by atoms with E-state index in [0.717, 1.165) is 37.8 Å². The van der Waals surface area contributed by atoms with Crippen molar-refractivity contribution < 1.29 is 23.8 Å². The molecule has 5 nitrogen and oxygen atoms in total. The molecular formula is C16H24O5. The summed E-state index contributed by atoms with van der Waals surface area (Å²) >= 11 is 0. The van der Waals surface area contributed by atoms with Gasteiger partial charge in [0.25, 0.3) is 0 Å². The van der Waals surface area contributed by atoms with Crippen LogP contribution in [0, 0.1) is 5.41 Å². The highest BCUT2D eigenvalue weighted by Gasteiger charge is 2.44. The summed E-state index contributed by atoms with van der Waals surface area (Å²) in [6, 6.07) is 0. The number of carbonyl (C=O) groups is 2. The first-order valence-corrected chi connectivity index (χ1v) is 7.28. The minimum atomic E-state index is -0.494. The molecule has 0 bridgehead atoms. The number of ether oxygens (including phenoxy) is 3. The maximum absolute atomic E-state index is 11.4. The third-order valence-corrected chi connectivity index (χ3v) is 3.78. The van der Waals surface area contributed by atoms with Gasteiger partial charge in [0.15, 0.2) is 0 Å². The molecule has 1 saturated carbocycles. The fraction of sp³-hybridized carbons (Fsp3) is 0.625. The molecule has 1 aliphatic rings. The van der Waals surface area contributed by atoms with E-state index in [9.17, 15) is 9.59 Å². The Kier molecular flexibility index (Phi) is 7.15. The van der Waals surface area contributed by atoms with Gasteiger partial charge in [-0.2, -0.15) is 0 Å². The molecule has 0 amide bonds. The van der Waals surface area contributed by atoms with Crippen LogP contribution < -0.4 is 0 Å². The lowest BCUT2D eigenvalue weighted by molar-refractivity contribution is -0.164. The van der Waals surface area contributed by atoms with E-state index in [-0.39, 0.29) is 19.3 Å². The number of esters is 2. The average Bonchev–Trinajstić information content (AvgIpc) is 2.52. The number of rotatable bonds is 8. The first-order valence-electron chi connectivity index (χ1n) is 7.28. The van der Waals surface area contributed by atoms with Gasteiger partial charge in [0.2, 0.25) is 0 Å². The Labute approximate surface area is 125 Å². The smallest absolute Gasteiger partial charge is 0.330 e. The molecule has 0 aromatic carbocycles. The fourth-order valence-corrected chi connectivity index (χ4v) is 2.65. The second-order valence-electron chi connectivity index (χ2n) is 5.18. The van der Waals surface area contributed by atoms with Crippen molar-refractivity contribution >= 4 is 11.9 Å². The quantitative estimate of drug-likeness (QED) is 0.508. The van der Waals surface area contributed by atoms with Gasteiger partial charge in [-0.05, 0) is 19.8 Å². The SMILES string of the molecule is C=CC(=O)OCC1(COC(=O)C=C)CCCCC1OCC. The third kappa shape index (κ3) is 5.01. The van der Waals surface area contributed by atoms with Crippen molar-refractivity contribution in [1.29, 1.82) is 0 Å². The van der Waals surface area contributed by atoms with E-state index < -0.39 is 17.4 Å². The minimum absolute atomic E-state index is 0.0912. The van der Waals surface area contributed by atoms with Gasteiger partial charge in [-0.25, -0.2) is 9.59 Å². The highest BCUT2D eigenvalue weighted by molar-refractivity contribution is 5.81. The summed E-state index contributed by atoms with van der Waals surface area (Å²) in [6.45, 7) is 9.58. The van der Waals surface area contributed by atoms with Gasteiger partial charge < -0.3 is 14.2 Å². The van der Waals surface area contributed by atoms with Crippen molar-refractivity contribution in [3.05, 3.63) is 25.3 Å². The van der Waals surface area contributed by atoms with Crippen LogP contribution in [-0.2, 0) is 23.8 Å². The Balaban J connectivity index is 2.83. The standard InChI is InChI=1S/C16H24O5/c1-4-14(17)20-11-16(12-21-15(18)5-2)10-8-7-9-13(16)19-6-3/h4-5,13H,1-2,6-12H2,3H3. The van der Waals surface area contributed by atoms with Crippen LogP contribution in [0.5, 0.6) is 0 Å². The van der Waals surface area contributed by atoms with Crippen molar-refractivity contribution in [2.75, 3.05) is 19.8 Å². The lowest BCUT2D eigenvalue weighted by Gasteiger charge is -2.42. The number of hydrogen-bond acceptors (Lipinski definition) is 5. The monoisotopic (exact) mass is 296 g/mol. The van der Waals surface area contributed by atoms with Crippen LogP contribution in [0.15, 0.2) is 25.3 Å². The number of carbonyl (C=O) groups excluding carboxylic acids is 2. The lowest BCUT2D eigenvalue weighted by atomic mass is 9.72. The molecule has 21 heavy (non-hydrogen) atoms. The van der Waals surface area contributed by atoms with Crippen molar-refractivity contribution in [3.63, 3.8) is 0 Å². The molecule has 0 spiro atoms. The summed E-state index contributed by atoms with van der Waals surface area (Å²) in [5.41, 5.74) is -0.494. The Morgan fingerprint density at radius 1 is 1.14 bits per heavy atom. The predicted molar refractivity (Wildman–Crippen MR) is 78.6 cm³/mol. The van der Waals surface area contributed by atoms with Crippen LogP contribution in [0.3, 0.4) is 0 Å². The molecule has 0 N–H and O–H groups in total. The van der Waals surface area contributed by atoms with Gasteiger partial charge >= 0.3 is 11.9 Å². The van der Waals surface area contributed by atoms with Crippen LogP contribution >= 0.6 is 0 Å². The molecule has 1 fully saturated rings. The molecule has 0 aromatic rings. The lowest BCUT2D eigenvalue weighted by Crippen LogP contribution is -2.47. The maximum atomic E-state index is 11.4. The zero-order valence-electron chi connectivity index (χ0n) is 12.6. The highest BCUT2D eigenvalue weighted by atomic mass is 16.6. The average molecular weight is 296 g/mol. The molecule has 118 valence electrons. The van der Waals surface area contributed by atoms with Crippen molar-refractivity contribution in [3.8, 4) is 0 Å². The molecule has 0 aromatic heterocycles. The summed E-state index contributed by atoms with van der Waals surface area (Å²) in [5, 5.41) is 0. The van der Waals surface area contributed by atoms with Crippen molar-refractivity contribution in [2.24, 2.45) is 5.41 Å². The second kappa shape index (κ2) is 8.62. The van der Waals surface area contributed by atoms with Crippen molar-refractivity contribution in [2.45, 2.75) is 38.7 Å². The van der Waals surface area contributed by atoms with Crippen LogP contribution in [0.1, 0.15) is 32.6 Å². The Bertz CT molecular complexity index is 362. The minimum Gasteiger partial charge on any atom is -0.462 e. The van der Waals surface area contributed by atoms with E-state index >= 15 is 0 Å². The van der Waals surface area contributed by atoms with Gasteiger partial charge in [0, 0.05) is 18.8 Å². The van der Waals surface area contributed by atoms with E-state index in [1.807, 2.05) is 6.92 Å². The Morgan fingerprint density at radius 2 is 1.71 bits per heavy atom. The van der Waals surface area contributed by atoms with E-state index in [4.69, 9.17) is 14.2 Å². The molecule has 0 radical (unpaired) electrons. The summed E-state index contributed by atoms with van der Waals surface area (Å²) in [6.07, 6.45) is 5.85. The van der Waals surface area contributed by atoms with E-state index in [1.54, 1.807) is 0 Å². The van der Waals surface area contributed by atoms with Gasteiger partial charge in [-0.15, -0.1) is 0 Å². The molecule has 1 atom stereocenters. The van der Waals surface area contributed by atoms with Gasteiger partial charge in [-0.3, -0.25) is 0 Å². The van der Waals surface area contributed by atoms with Crippen LogP contribution in [0.2, 0.25) is 0 Å². The van der Waals surface area contributed by atoms with Crippen LogP contribution in [0.25, 0.3) is 0 Å². The molecule has 0 heterocycles. The topological polar surface area (TPSA) is 61.8 Å². The van der Waals surface area contributed by atoms with Crippen LogP contribution in [0.4, 0.5) is 0 Å².